The van der Waals surface area contributed by atoms with Crippen LogP contribution in [-0.4, -0.2) is 86.9 Å². The minimum Gasteiger partial charge on any atom is -0.481 e. The van der Waals surface area contributed by atoms with E-state index in [0.717, 1.165) is 16.5 Å². The van der Waals surface area contributed by atoms with E-state index in [1.165, 1.54) is 18.7 Å². The molecule has 0 aliphatic heterocycles. The number of para-hydroxylation sites is 1. The summed E-state index contributed by atoms with van der Waals surface area (Å²) in [7, 11) is 0. The van der Waals surface area contributed by atoms with Gasteiger partial charge in [0.1, 0.15) is 24.2 Å². The molecule has 13 nitrogen and oxygen atoms in total. The number of nitrogens with one attached hydrogen (secondary N) is 5. The van der Waals surface area contributed by atoms with Crippen LogP contribution < -0.4 is 21.3 Å². The van der Waals surface area contributed by atoms with Gasteiger partial charge in [-0.15, -0.1) is 0 Å². The zero-order valence-corrected chi connectivity index (χ0v) is 25.7. The van der Waals surface area contributed by atoms with Crippen molar-refractivity contribution >= 4 is 58.2 Å². The molecule has 1 aromatic heterocycles. The van der Waals surface area contributed by atoms with Gasteiger partial charge in [0.05, 0.1) is 6.42 Å². The molecule has 2 aromatic carbocycles. The van der Waals surface area contributed by atoms with E-state index in [4.69, 9.17) is 0 Å². The molecule has 0 bridgehead atoms. The quantitative estimate of drug-likeness (QED) is 0.113. The van der Waals surface area contributed by atoms with Gasteiger partial charge in [-0.2, -0.15) is 11.8 Å². The Labute approximate surface area is 263 Å². The molecule has 0 saturated heterocycles. The Morgan fingerprint density at radius 1 is 0.756 bits per heavy atom. The average Bonchev–Trinajstić information content (AvgIpc) is 3.40. The Hall–Kier alpha value is -4.85. The predicted octanol–water partition coefficient (Wildman–Crippen LogP) is 1.22. The van der Waals surface area contributed by atoms with Crippen LogP contribution in [0.25, 0.3) is 10.9 Å². The second-order valence-corrected chi connectivity index (χ2v) is 11.4. The fourth-order valence-corrected chi connectivity index (χ4v) is 5.20. The number of amides is 4. The second-order valence-electron chi connectivity index (χ2n) is 10.4. The van der Waals surface area contributed by atoms with E-state index in [9.17, 15) is 39.0 Å². The summed E-state index contributed by atoms with van der Waals surface area (Å²) >= 11 is 1.39. The van der Waals surface area contributed by atoms with Gasteiger partial charge in [-0.25, -0.2) is 4.79 Å². The number of benzene rings is 2. The van der Waals surface area contributed by atoms with Crippen molar-refractivity contribution in [3.05, 3.63) is 71.9 Å². The third kappa shape index (κ3) is 10.7. The average molecular weight is 640 g/mol. The van der Waals surface area contributed by atoms with E-state index in [2.05, 4.69) is 26.3 Å². The minimum absolute atomic E-state index is 0.0298. The van der Waals surface area contributed by atoms with Crippen LogP contribution >= 0.6 is 11.8 Å². The van der Waals surface area contributed by atoms with E-state index in [0.29, 0.717) is 11.3 Å². The SMILES string of the molecule is CSCC[C@H](NC(=O)[C@H](CC(=O)O)NC(=O)[C@H](Cc1ccccc1)NC(C)=O)C(=O)N[C@@H](Cc1c[nH]c2ccccc12)C(=O)O. The summed E-state index contributed by atoms with van der Waals surface area (Å²) in [5.41, 5.74) is 2.21. The van der Waals surface area contributed by atoms with Crippen LogP contribution in [-0.2, 0) is 41.6 Å². The third-order valence-corrected chi connectivity index (χ3v) is 7.59. The molecule has 0 aliphatic carbocycles. The Morgan fingerprint density at radius 2 is 1.36 bits per heavy atom. The first-order valence-corrected chi connectivity index (χ1v) is 15.6. The predicted molar refractivity (Wildman–Crippen MR) is 168 cm³/mol. The molecule has 3 rings (SSSR count). The van der Waals surface area contributed by atoms with E-state index >= 15 is 0 Å². The van der Waals surface area contributed by atoms with Crippen LogP contribution in [0, 0.1) is 0 Å². The highest BCUT2D eigenvalue weighted by Crippen LogP contribution is 2.19. The maximum atomic E-state index is 13.3. The third-order valence-electron chi connectivity index (χ3n) is 6.95. The second kappa shape index (κ2) is 16.9. The smallest absolute Gasteiger partial charge is 0.326 e. The summed E-state index contributed by atoms with van der Waals surface area (Å²) in [6.45, 7) is 1.23. The Bertz CT molecular complexity index is 1510. The van der Waals surface area contributed by atoms with Gasteiger partial charge in [-0.05, 0) is 35.6 Å². The maximum Gasteiger partial charge on any atom is 0.326 e. The molecule has 7 N–H and O–H groups in total. The number of fused-ring (bicyclic) bond motifs is 1. The summed E-state index contributed by atoms with van der Waals surface area (Å²) in [5, 5.41) is 30.1. The van der Waals surface area contributed by atoms with E-state index in [-0.39, 0.29) is 19.3 Å². The van der Waals surface area contributed by atoms with E-state index in [1.54, 1.807) is 42.8 Å². The van der Waals surface area contributed by atoms with Gasteiger partial charge in [-0.1, -0.05) is 48.5 Å². The Morgan fingerprint density at radius 3 is 2.00 bits per heavy atom. The number of aliphatic carboxylic acids is 2. The van der Waals surface area contributed by atoms with E-state index < -0.39 is 66.2 Å². The summed E-state index contributed by atoms with van der Waals surface area (Å²) in [6.07, 6.45) is 2.82. The molecule has 0 radical (unpaired) electrons. The molecule has 1 heterocycles. The molecule has 4 amide bonds. The Kier molecular flexibility index (Phi) is 13.0. The lowest BCUT2D eigenvalue weighted by molar-refractivity contribution is -0.143. The van der Waals surface area contributed by atoms with Crippen LogP contribution in [0.2, 0.25) is 0 Å². The largest absolute Gasteiger partial charge is 0.481 e. The number of thioether (sulfide) groups is 1. The molecular weight excluding hydrogens is 602 g/mol. The molecule has 0 saturated carbocycles. The minimum atomic E-state index is -1.59. The number of hydrogen-bond donors (Lipinski definition) is 7. The zero-order chi connectivity index (χ0) is 32.9. The van der Waals surface area contributed by atoms with Crippen molar-refractivity contribution in [1.82, 2.24) is 26.3 Å². The molecule has 45 heavy (non-hydrogen) atoms. The summed E-state index contributed by atoms with van der Waals surface area (Å²) < 4.78 is 0. The van der Waals surface area contributed by atoms with Crippen LogP contribution in [0.1, 0.15) is 30.9 Å². The standard InChI is InChI=1S/C31H37N5O8S/c1-18(37)33-24(14-19-8-4-3-5-9-19)29(41)35-25(16-27(38)39)30(42)34-23(12-13-45-2)28(40)36-26(31(43)44)15-20-17-32-22-11-7-6-10-21(20)22/h3-11,17,23-26,32H,12-16H2,1-2H3,(H,33,37)(H,34,42)(H,35,41)(H,36,40)(H,38,39)(H,43,44)/t23-,24-,25-,26-/m0/s1. The highest BCUT2D eigenvalue weighted by molar-refractivity contribution is 7.98. The first-order valence-electron chi connectivity index (χ1n) is 14.2. The highest BCUT2D eigenvalue weighted by atomic mass is 32.2. The van der Waals surface area contributed by atoms with Crippen LogP contribution in [0.3, 0.4) is 0 Å². The molecule has 0 unspecified atom stereocenters. The fraction of sp³-hybridized carbons (Fsp3) is 0.355. The number of aromatic nitrogens is 1. The van der Waals surface area contributed by atoms with Crippen molar-refractivity contribution in [1.29, 1.82) is 0 Å². The van der Waals surface area contributed by atoms with Crippen molar-refractivity contribution < 1.29 is 39.0 Å². The molecule has 240 valence electrons. The first-order chi connectivity index (χ1) is 21.5. The lowest BCUT2D eigenvalue weighted by Crippen LogP contribution is -2.58. The van der Waals surface area contributed by atoms with Gasteiger partial charge in [0.15, 0.2) is 0 Å². The number of carboxylic acid groups (broad SMARTS) is 2. The normalized spacial score (nSPS) is 13.6. The number of H-pyrrole nitrogens is 1. The molecule has 0 aliphatic rings. The lowest BCUT2D eigenvalue weighted by atomic mass is 10.0. The topological polar surface area (TPSA) is 207 Å². The molecule has 0 fully saturated rings. The number of carbonyl (C=O) groups is 6. The summed E-state index contributed by atoms with van der Waals surface area (Å²) in [6, 6.07) is 10.9. The zero-order valence-electron chi connectivity index (χ0n) is 24.9. The fourth-order valence-electron chi connectivity index (χ4n) is 4.73. The first kappa shape index (κ1) is 34.6. The molecule has 14 heteroatoms. The van der Waals surface area contributed by atoms with Crippen LogP contribution in [0.4, 0.5) is 0 Å². The molecule has 3 aromatic rings. The van der Waals surface area contributed by atoms with Crippen molar-refractivity contribution in [2.75, 3.05) is 12.0 Å². The van der Waals surface area contributed by atoms with Crippen molar-refractivity contribution in [3.8, 4) is 0 Å². The lowest BCUT2D eigenvalue weighted by Gasteiger charge is -2.25. The number of carbonyl (C=O) groups excluding carboxylic acids is 4. The summed E-state index contributed by atoms with van der Waals surface area (Å²) in [5.74, 6) is -5.26. The molecule has 0 spiro atoms. The Balaban J connectivity index is 1.75. The van der Waals surface area contributed by atoms with Gasteiger partial charge in [0, 0.05) is 36.9 Å². The van der Waals surface area contributed by atoms with Gasteiger partial charge < -0.3 is 36.5 Å². The van der Waals surface area contributed by atoms with Gasteiger partial charge in [0.2, 0.25) is 23.6 Å². The van der Waals surface area contributed by atoms with E-state index in [1.807, 2.05) is 24.3 Å². The van der Waals surface area contributed by atoms with Crippen molar-refractivity contribution in [2.24, 2.45) is 0 Å². The van der Waals surface area contributed by atoms with Crippen molar-refractivity contribution in [2.45, 2.75) is 56.8 Å². The number of aromatic amines is 1. The monoisotopic (exact) mass is 639 g/mol. The van der Waals surface area contributed by atoms with Crippen LogP contribution in [0.15, 0.2) is 60.8 Å². The highest BCUT2D eigenvalue weighted by Gasteiger charge is 2.32. The molecular formula is C31H37N5O8S. The number of rotatable bonds is 17. The van der Waals surface area contributed by atoms with Crippen LogP contribution in [0.5, 0.6) is 0 Å². The van der Waals surface area contributed by atoms with Gasteiger partial charge in [0.25, 0.3) is 0 Å². The number of carboxylic acids is 2. The summed E-state index contributed by atoms with van der Waals surface area (Å²) in [4.78, 5) is 78.5. The molecule has 4 atom stereocenters. The van der Waals surface area contributed by atoms with Gasteiger partial charge >= 0.3 is 11.9 Å². The van der Waals surface area contributed by atoms with Crippen molar-refractivity contribution in [3.63, 3.8) is 0 Å². The number of hydrogen-bond acceptors (Lipinski definition) is 7. The maximum absolute atomic E-state index is 13.3. The van der Waals surface area contributed by atoms with Gasteiger partial charge in [-0.3, -0.25) is 24.0 Å².